The van der Waals surface area contributed by atoms with E-state index in [-0.39, 0.29) is 24.2 Å². The second-order valence-corrected chi connectivity index (χ2v) is 6.45. The van der Waals surface area contributed by atoms with Crippen molar-refractivity contribution in [1.82, 2.24) is 15.1 Å². The molecule has 0 saturated heterocycles. The third kappa shape index (κ3) is 4.53. The summed E-state index contributed by atoms with van der Waals surface area (Å²) >= 11 is 0. The van der Waals surface area contributed by atoms with E-state index in [4.69, 9.17) is 4.74 Å². The van der Waals surface area contributed by atoms with Crippen molar-refractivity contribution in [3.8, 4) is 11.4 Å². The number of hydrogen-bond acceptors (Lipinski definition) is 3. The average Bonchev–Trinajstić information content (AvgIpc) is 3.14. The van der Waals surface area contributed by atoms with Gasteiger partial charge in [0.15, 0.2) is 0 Å². The highest BCUT2D eigenvalue weighted by atomic mass is 19.1. The summed E-state index contributed by atoms with van der Waals surface area (Å²) in [6.07, 6.45) is 3.83. The minimum Gasteiger partial charge on any atom is -0.497 e. The maximum Gasteiger partial charge on any atom is 0.224 e. The number of carbonyl (C=O) groups is 1. The molecule has 0 bridgehead atoms. The topological polar surface area (TPSA) is 56.1 Å². The van der Waals surface area contributed by atoms with E-state index < -0.39 is 0 Å². The first-order chi connectivity index (χ1) is 13.0. The Bertz CT molecular complexity index is 935. The van der Waals surface area contributed by atoms with E-state index in [1.165, 1.54) is 12.1 Å². The Balaban J connectivity index is 1.64. The molecule has 1 amide bonds. The van der Waals surface area contributed by atoms with E-state index in [2.05, 4.69) is 10.4 Å². The molecule has 140 valence electrons. The van der Waals surface area contributed by atoms with Gasteiger partial charge in [-0.05, 0) is 61.4 Å². The van der Waals surface area contributed by atoms with Gasteiger partial charge in [-0.25, -0.2) is 9.07 Å². The fourth-order valence-electron chi connectivity index (χ4n) is 2.84. The van der Waals surface area contributed by atoms with Gasteiger partial charge in [-0.1, -0.05) is 6.07 Å². The minimum atomic E-state index is -0.295. The van der Waals surface area contributed by atoms with Crippen molar-refractivity contribution in [2.45, 2.75) is 26.3 Å². The molecule has 3 rings (SSSR count). The second kappa shape index (κ2) is 8.03. The molecule has 1 heterocycles. The standard InChI is InChI=1S/C21H22FN3O2/c1-14-10-18(22)5-4-16(14)11-21(26)24-15(2)17-12-23-25(13-17)19-6-8-20(27-3)9-7-19/h4-10,12-13,15H,11H2,1-3H3,(H,24,26)/t15-/m1/s1. The van der Waals surface area contributed by atoms with Crippen molar-refractivity contribution in [2.24, 2.45) is 0 Å². The van der Waals surface area contributed by atoms with E-state index >= 15 is 0 Å². The lowest BCUT2D eigenvalue weighted by Gasteiger charge is -2.13. The summed E-state index contributed by atoms with van der Waals surface area (Å²) in [7, 11) is 1.62. The molecule has 27 heavy (non-hydrogen) atoms. The summed E-state index contributed by atoms with van der Waals surface area (Å²) in [6, 6.07) is 11.8. The lowest BCUT2D eigenvalue weighted by atomic mass is 10.0. The molecule has 0 saturated carbocycles. The normalized spacial score (nSPS) is 11.9. The maximum absolute atomic E-state index is 13.2. The molecule has 1 aromatic heterocycles. The van der Waals surface area contributed by atoms with Gasteiger partial charge >= 0.3 is 0 Å². The Morgan fingerprint density at radius 3 is 2.67 bits per heavy atom. The number of benzene rings is 2. The fraction of sp³-hybridized carbons (Fsp3) is 0.238. The molecule has 0 unspecified atom stereocenters. The van der Waals surface area contributed by atoms with Crippen molar-refractivity contribution in [2.75, 3.05) is 7.11 Å². The molecule has 6 heteroatoms. The van der Waals surface area contributed by atoms with Crippen molar-refractivity contribution in [3.63, 3.8) is 0 Å². The molecule has 0 aliphatic heterocycles. The largest absolute Gasteiger partial charge is 0.497 e. The average molecular weight is 367 g/mol. The maximum atomic E-state index is 13.2. The molecule has 0 fully saturated rings. The van der Waals surface area contributed by atoms with Gasteiger partial charge in [0.25, 0.3) is 0 Å². The van der Waals surface area contributed by atoms with Crippen LogP contribution in [0.15, 0.2) is 54.9 Å². The summed E-state index contributed by atoms with van der Waals surface area (Å²) in [4.78, 5) is 12.3. The number of hydrogen-bond donors (Lipinski definition) is 1. The van der Waals surface area contributed by atoms with Gasteiger partial charge in [0.1, 0.15) is 11.6 Å². The van der Waals surface area contributed by atoms with Crippen LogP contribution < -0.4 is 10.1 Å². The third-order valence-corrected chi connectivity index (χ3v) is 4.47. The van der Waals surface area contributed by atoms with Gasteiger partial charge in [0, 0.05) is 11.8 Å². The van der Waals surface area contributed by atoms with E-state index in [9.17, 15) is 9.18 Å². The minimum absolute atomic E-state index is 0.116. The first-order valence-electron chi connectivity index (χ1n) is 8.69. The summed E-state index contributed by atoms with van der Waals surface area (Å²) in [5.74, 6) is 0.369. The highest BCUT2D eigenvalue weighted by Gasteiger charge is 2.13. The number of ether oxygens (including phenoxy) is 1. The van der Waals surface area contributed by atoms with Gasteiger partial charge < -0.3 is 10.1 Å². The summed E-state index contributed by atoms with van der Waals surface area (Å²) in [5.41, 5.74) is 3.39. The molecular weight excluding hydrogens is 345 g/mol. The Morgan fingerprint density at radius 1 is 1.26 bits per heavy atom. The highest BCUT2D eigenvalue weighted by molar-refractivity contribution is 5.79. The zero-order valence-electron chi connectivity index (χ0n) is 15.6. The first kappa shape index (κ1) is 18.6. The number of nitrogens with one attached hydrogen (secondary N) is 1. The van der Waals surface area contributed by atoms with Gasteiger partial charge in [-0.3, -0.25) is 4.79 Å². The summed E-state index contributed by atoms with van der Waals surface area (Å²) in [6.45, 7) is 3.71. The number of halogens is 1. The van der Waals surface area contributed by atoms with Crippen LogP contribution in [0.3, 0.4) is 0 Å². The second-order valence-electron chi connectivity index (χ2n) is 6.45. The molecule has 1 atom stereocenters. The quantitative estimate of drug-likeness (QED) is 0.722. The molecule has 0 radical (unpaired) electrons. The van der Waals surface area contributed by atoms with Crippen LogP contribution in [0.4, 0.5) is 4.39 Å². The number of methoxy groups -OCH3 is 1. The molecule has 1 N–H and O–H groups in total. The molecule has 2 aromatic carbocycles. The van der Waals surface area contributed by atoms with Gasteiger partial charge in [-0.2, -0.15) is 5.10 Å². The third-order valence-electron chi connectivity index (χ3n) is 4.47. The number of carbonyl (C=O) groups excluding carboxylic acids is 1. The fourth-order valence-corrected chi connectivity index (χ4v) is 2.84. The number of nitrogens with zero attached hydrogens (tertiary/aromatic N) is 2. The number of aryl methyl sites for hydroxylation is 1. The molecule has 5 nitrogen and oxygen atoms in total. The van der Waals surface area contributed by atoms with Crippen LogP contribution in [0, 0.1) is 12.7 Å². The molecule has 0 spiro atoms. The molecule has 0 aliphatic rings. The Hall–Kier alpha value is -3.15. The van der Waals surface area contributed by atoms with Gasteiger partial charge in [-0.15, -0.1) is 0 Å². The SMILES string of the molecule is COc1ccc(-n2cc([C@@H](C)NC(=O)Cc3ccc(F)cc3C)cn2)cc1. The van der Waals surface area contributed by atoms with Crippen molar-refractivity contribution >= 4 is 5.91 Å². The van der Waals surface area contributed by atoms with Crippen molar-refractivity contribution in [3.05, 3.63) is 77.4 Å². The number of aromatic nitrogens is 2. The predicted molar refractivity (Wildman–Crippen MR) is 102 cm³/mol. The molecule has 3 aromatic rings. The van der Waals surface area contributed by atoms with Crippen molar-refractivity contribution < 1.29 is 13.9 Å². The Kier molecular flexibility index (Phi) is 5.54. The Labute approximate surface area is 157 Å². The van der Waals surface area contributed by atoms with Crippen LogP contribution in [0.25, 0.3) is 5.69 Å². The van der Waals surface area contributed by atoms with Crippen LogP contribution in [0.1, 0.15) is 29.7 Å². The molecular formula is C21H22FN3O2. The summed E-state index contributed by atoms with van der Waals surface area (Å²) < 4.78 is 20.1. The number of rotatable bonds is 6. The van der Waals surface area contributed by atoms with Crippen LogP contribution in [0.5, 0.6) is 5.75 Å². The lowest BCUT2D eigenvalue weighted by Crippen LogP contribution is -2.28. The van der Waals surface area contributed by atoms with Gasteiger partial charge in [0.2, 0.25) is 5.91 Å². The van der Waals surface area contributed by atoms with Crippen molar-refractivity contribution in [1.29, 1.82) is 0 Å². The summed E-state index contributed by atoms with van der Waals surface area (Å²) in [5, 5.41) is 7.32. The lowest BCUT2D eigenvalue weighted by molar-refractivity contribution is -0.121. The monoisotopic (exact) mass is 367 g/mol. The zero-order valence-corrected chi connectivity index (χ0v) is 15.6. The van der Waals surface area contributed by atoms with Crippen LogP contribution in [0.2, 0.25) is 0 Å². The van der Waals surface area contributed by atoms with Crippen LogP contribution >= 0.6 is 0 Å². The Morgan fingerprint density at radius 2 is 2.00 bits per heavy atom. The van der Waals surface area contributed by atoms with E-state index in [1.807, 2.05) is 37.4 Å². The number of amides is 1. The predicted octanol–water partition coefficient (Wildman–Crippen LogP) is 3.75. The highest BCUT2D eigenvalue weighted by Crippen LogP contribution is 2.18. The van der Waals surface area contributed by atoms with E-state index in [0.29, 0.717) is 0 Å². The van der Waals surface area contributed by atoms with E-state index in [0.717, 1.165) is 28.1 Å². The molecule has 0 aliphatic carbocycles. The smallest absolute Gasteiger partial charge is 0.224 e. The van der Waals surface area contributed by atoms with E-state index in [1.54, 1.807) is 31.0 Å². The zero-order chi connectivity index (χ0) is 19.4. The van der Waals surface area contributed by atoms with Gasteiger partial charge in [0.05, 0.1) is 31.5 Å². The van der Waals surface area contributed by atoms with Crippen LogP contribution in [-0.2, 0) is 11.2 Å². The van der Waals surface area contributed by atoms with Crippen LogP contribution in [-0.4, -0.2) is 22.8 Å². The first-order valence-corrected chi connectivity index (χ1v) is 8.69.